The fourth-order valence-corrected chi connectivity index (χ4v) is 6.98. The standard InChI is InChI=1S/C35H69O7PS/c1-3-5-7-9-11-13-15-17-19-21-23-25-27-29-34(36)41-31-33(32-44-43(38,39)40)42-35(37)30-28-26-24-22-20-18-16-14-12-10-8-6-4-2/h33H,3-32H2,1-2H3,(H2,38,39,40)/t33-/m0/s1. The number of carbonyl (C=O) groups is 2. The summed E-state index contributed by atoms with van der Waals surface area (Å²) in [6.07, 6.45) is 31.6. The Morgan fingerprint density at radius 1 is 0.545 bits per heavy atom. The molecule has 0 radical (unpaired) electrons. The van der Waals surface area contributed by atoms with E-state index in [0.29, 0.717) is 17.8 Å². The second-order valence-electron chi connectivity index (χ2n) is 12.6. The smallest absolute Gasteiger partial charge is 0.384 e. The van der Waals surface area contributed by atoms with Crippen LogP contribution in [0.5, 0.6) is 0 Å². The summed E-state index contributed by atoms with van der Waals surface area (Å²) >= 11 is 0.419. The third-order valence-corrected chi connectivity index (χ3v) is 10.4. The summed E-state index contributed by atoms with van der Waals surface area (Å²) in [5, 5.41) is 0. The lowest BCUT2D eigenvalue weighted by atomic mass is 10.0. The molecule has 0 aromatic heterocycles. The van der Waals surface area contributed by atoms with Crippen molar-refractivity contribution in [3.63, 3.8) is 0 Å². The summed E-state index contributed by atoms with van der Waals surface area (Å²) in [7, 11) is 0. The highest BCUT2D eigenvalue weighted by Gasteiger charge is 2.23. The van der Waals surface area contributed by atoms with Crippen LogP contribution in [-0.4, -0.2) is 40.2 Å². The zero-order valence-corrected chi connectivity index (χ0v) is 30.3. The Labute approximate surface area is 275 Å². The summed E-state index contributed by atoms with van der Waals surface area (Å²) in [4.78, 5) is 43.0. The molecular formula is C35H69O7PS. The van der Waals surface area contributed by atoms with Gasteiger partial charge < -0.3 is 19.3 Å². The second kappa shape index (κ2) is 32.4. The van der Waals surface area contributed by atoms with Gasteiger partial charge in [-0.05, 0) is 24.2 Å². The average molecular weight is 665 g/mol. The molecule has 0 unspecified atom stereocenters. The van der Waals surface area contributed by atoms with Crippen molar-refractivity contribution < 1.29 is 33.4 Å². The zero-order chi connectivity index (χ0) is 32.6. The highest BCUT2D eigenvalue weighted by molar-refractivity contribution is 8.54. The molecule has 1 atom stereocenters. The van der Waals surface area contributed by atoms with E-state index in [1.807, 2.05) is 0 Å². The molecule has 0 saturated heterocycles. The molecule has 0 aromatic carbocycles. The van der Waals surface area contributed by atoms with Gasteiger partial charge in [-0.15, -0.1) is 0 Å². The van der Waals surface area contributed by atoms with E-state index in [9.17, 15) is 23.9 Å². The maximum Gasteiger partial charge on any atom is 0.384 e. The predicted molar refractivity (Wildman–Crippen MR) is 186 cm³/mol. The summed E-state index contributed by atoms with van der Waals surface area (Å²) in [5.41, 5.74) is 0. The van der Waals surface area contributed by atoms with Crippen molar-refractivity contribution in [3.8, 4) is 0 Å². The summed E-state index contributed by atoms with van der Waals surface area (Å²) in [5.74, 6) is -0.871. The van der Waals surface area contributed by atoms with Crippen molar-refractivity contribution >= 4 is 30.1 Å². The minimum atomic E-state index is -4.32. The Bertz CT molecular complexity index is 701. The van der Waals surface area contributed by atoms with Crippen molar-refractivity contribution in [2.24, 2.45) is 0 Å². The largest absolute Gasteiger partial charge is 0.462 e. The third-order valence-electron chi connectivity index (χ3n) is 8.13. The number of ether oxygens (including phenoxy) is 2. The van der Waals surface area contributed by atoms with Gasteiger partial charge in [0.05, 0.1) is 0 Å². The molecule has 7 nitrogen and oxygen atoms in total. The van der Waals surface area contributed by atoms with Crippen molar-refractivity contribution in [3.05, 3.63) is 0 Å². The number of hydrogen-bond donors (Lipinski definition) is 2. The minimum absolute atomic E-state index is 0.110. The van der Waals surface area contributed by atoms with Crippen LogP contribution in [0, 0.1) is 0 Å². The van der Waals surface area contributed by atoms with Gasteiger partial charge in [-0.25, -0.2) is 4.57 Å². The Hall–Kier alpha value is -0.560. The number of unbranched alkanes of at least 4 members (excludes halogenated alkanes) is 24. The quantitative estimate of drug-likeness (QED) is 0.0397. The molecule has 0 fully saturated rings. The highest BCUT2D eigenvalue weighted by Crippen LogP contribution is 2.50. The van der Waals surface area contributed by atoms with Gasteiger partial charge in [-0.2, -0.15) is 0 Å². The van der Waals surface area contributed by atoms with E-state index in [1.165, 1.54) is 128 Å². The Morgan fingerprint density at radius 2 is 0.864 bits per heavy atom. The number of carbonyl (C=O) groups excluding carboxylic acids is 2. The van der Waals surface area contributed by atoms with E-state index in [4.69, 9.17) is 9.47 Å². The number of rotatable bonds is 34. The maximum atomic E-state index is 12.4. The van der Waals surface area contributed by atoms with Crippen molar-refractivity contribution in [2.75, 3.05) is 12.4 Å². The van der Waals surface area contributed by atoms with Gasteiger partial charge in [0.1, 0.15) is 12.7 Å². The molecule has 0 aliphatic rings. The molecule has 0 aromatic rings. The normalized spacial score (nSPS) is 12.4. The van der Waals surface area contributed by atoms with E-state index in [1.54, 1.807) is 0 Å². The van der Waals surface area contributed by atoms with Crippen LogP contribution in [0.1, 0.15) is 194 Å². The zero-order valence-electron chi connectivity index (χ0n) is 28.6. The number of hydrogen-bond acceptors (Lipinski definition) is 6. The molecule has 9 heteroatoms. The predicted octanol–water partition coefficient (Wildman–Crippen LogP) is 11.2. The lowest BCUT2D eigenvalue weighted by Crippen LogP contribution is -2.27. The van der Waals surface area contributed by atoms with E-state index >= 15 is 0 Å². The molecule has 0 spiro atoms. The van der Waals surface area contributed by atoms with Gasteiger partial charge in [0.25, 0.3) is 0 Å². The van der Waals surface area contributed by atoms with Gasteiger partial charge in [0.2, 0.25) is 0 Å². The van der Waals surface area contributed by atoms with E-state index < -0.39 is 18.9 Å². The van der Waals surface area contributed by atoms with E-state index in [2.05, 4.69) is 13.8 Å². The lowest BCUT2D eigenvalue weighted by Gasteiger charge is -2.18. The van der Waals surface area contributed by atoms with Gasteiger partial charge in [0.15, 0.2) is 0 Å². The van der Waals surface area contributed by atoms with Crippen molar-refractivity contribution in [1.29, 1.82) is 0 Å². The SMILES string of the molecule is CCCCCCCCCCCCCCCC(=O)OC[C@@H](CSP(=O)(O)O)OC(=O)CCCCCCCCCCCCCCC. The highest BCUT2D eigenvalue weighted by atomic mass is 32.7. The first-order valence-corrected chi connectivity index (χ1v) is 21.5. The maximum absolute atomic E-state index is 12.4. The van der Waals surface area contributed by atoms with Crippen LogP contribution in [0.15, 0.2) is 0 Å². The topological polar surface area (TPSA) is 110 Å². The van der Waals surface area contributed by atoms with Gasteiger partial charge in [-0.1, -0.05) is 168 Å². The van der Waals surface area contributed by atoms with Crippen LogP contribution < -0.4 is 0 Å². The Morgan fingerprint density at radius 3 is 1.20 bits per heavy atom. The fraction of sp³-hybridized carbons (Fsp3) is 0.943. The fourth-order valence-electron chi connectivity index (χ4n) is 5.37. The average Bonchev–Trinajstić information content (AvgIpc) is 2.98. The van der Waals surface area contributed by atoms with E-state index in [-0.39, 0.29) is 24.7 Å². The molecular weight excluding hydrogens is 595 g/mol. The first-order valence-electron chi connectivity index (χ1n) is 18.3. The molecule has 0 aliphatic carbocycles. The lowest BCUT2D eigenvalue weighted by molar-refractivity contribution is -0.157. The monoisotopic (exact) mass is 664 g/mol. The van der Waals surface area contributed by atoms with E-state index in [0.717, 1.165) is 38.5 Å². The molecule has 0 saturated carbocycles. The van der Waals surface area contributed by atoms with Crippen LogP contribution in [-0.2, 0) is 23.6 Å². The molecule has 0 heterocycles. The van der Waals surface area contributed by atoms with Crippen LogP contribution in [0.3, 0.4) is 0 Å². The van der Waals surface area contributed by atoms with Crippen LogP contribution in [0.4, 0.5) is 0 Å². The first-order chi connectivity index (χ1) is 21.3. The second-order valence-corrected chi connectivity index (χ2v) is 16.3. The molecule has 262 valence electrons. The Balaban J connectivity index is 3.94. The summed E-state index contributed by atoms with van der Waals surface area (Å²) in [6.45, 7) is 0.00118. The van der Waals surface area contributed by atoms with Gasteiger partial charge in [0, 0.05) is 18.6 Å². The molecule has 0 rings (SSSR count). The molecule has 0 aliphatic heterocycles. The molecule has 2 N–H and O–H groups in total. The van der Waals surface area contributed by atoms with Crippen molar-refractivity contribution in [1.82, 2.24) is 0 Å². The number of esters is 2. The third kappa shape index (κ3) is 34.3. The van der Waals surface area contributed by atoms with Crippen LogP contribution in [0.2, 0.25) is 0 Å². The first kappa shape index (κ1) is 43.4. The molecule has 44 heavy (non-hydrogen) atoms. The molecule has 0 bridgehead atoms. The molecule has 0 amide bonds. The van der Waals surface area contributed by atoms with Gasteiger partial charge >= 0.3 is 18.7 Å². The Kier molecular flexibility index (Phi) is 32.0. The van der Waals surface area contributed by atoms with Crippen LogP contribution >= 0.6 is 18.2 Å². The van der Waals surface area contributed by atoms with Crippen molar-refractivity contribution in [2.45, 2.75) is 200 Å². The summed E-state index contributed by atoms with van der Waals surface area (Å²) < 4.78 is 22.1. The van der Waals surface area contributed by atoms with Gasteiger partial charge in [-0.3, -0.25) is 9.59 Å². The summed E-state index contributed by atoms with van der Waals surface area (Å²) in [6, 6.07) is 0. The van der Waals surface area contributed by atoms with Crippen LogP contribution in [0.25, 0.3) is 0 Å². The minimum Gasteiger partial charge on any atom is -0.462 e.